The number of aryl methyl sites for hydroxylation is 1. The highest BCUT2D eigenvalue weighted by atomic mass is 16.2. The molecule has 0 fully saturated rings. The summed E-state index contributed by atoms with van der Waals surface area (Å²) in [4.78, 5) is 10.8. The number of nitrogens with two attached hydrogens (primary N) is 1. The van der Waals surface area contributed by atoms with Crippen LogP contribution in [0.15, 0.2) is 42.6 Å². The van der Waals surface area contributed by atoms with Crippen molar-refractivity contribution >= 4 is 17.4 Å². The highest BCUT2D eigenvalue weighted by Crippen LogP contribution is 2.16. The molecule has 0 aliphatic heterocycles. The minimum absolute atomic E-state index is 0.558. The van der Waals surface area contributed by atoms with E-state index in [2.05, 4.69) is 34.4 Å². The average Bonchev–Trinajstić information content (AvgIpc) is 2.83. The maximum Gasteiger partial charge on any atom is 0.316 e. The van der Waals surface area contributed by atoms with Crippen LogP contribution >= 0.6 is 0 Å². The van der Waals surface area contributed by atoms with Gasteiger partial charge in [-0.25, -0.2) is 4.79 Å². The fraction of sp³-hybridized carbons (Fsp3) is 0.214. The predicted octanol–water partition coefficient (Wildman–Crippen LogP) is 2.61. The van der Waals surface area contributed by atoms with E-state index in [-0.39, 0.29) is 0 Å². The second kappa shape index (κ2) is 5.95. The fourth-order valence-electron chi connectivity index (χ4n) is 1.96. The Bertz CT molecular complexity index is 562. The van der Waals surface area contributed by atoms with Crippen molar-refractivity contribution in [3.8, 4) is 0 Å². The van der Waals surface area contributed by atoms with Crippen LogP contribution in [0.25, 0.3) is 0 Å². The van der Waals surface area contributed by atoms with E-state index in [1.165, 1.54) is 5.69 Å². The number of benzene rings is 1. The molecule has 100 valence electrons. The zero-order chi connectivity index (χ0) is 13.7. The molecule has 0 aliphatic rings. The third-order valence-corrected chi connectivity index (χ3v) is 2.87. The number of amides is 2. The SMILES string of the molecule is CCn1cccc1CNc1cccc(NC(N)=O)c1. The molecule has 1 aromatic heterocycles. The lowest BCUT2D eigenvalue weighted by molar-refractivity contribution is 0.259. The van der Waals surface area contributed by atoms with Gasteiger partial charge in [-0.15, -0.1) is 0 Å². The van der Waals surface area contributed by atoms with E-state index in [4.69, 9.17) is 5.73 Å². The van der Waals surface area contributed by atoms with Crippen LogP contribution in [0.3, 0.4) is 0 Å². The fourth-order valence-corrected chi connectivity index (χ4v) is 1.96. The van der Waals surface area contributed by atoms with Gasteiger partial charge in [-0.2, -0.15) is 0 Å². The van der Waals surface area contributed by atoms with Crippen molar-refractivity contribution in [2.45, 2.75) is 20.0 Å². The van der Waals surface area contributed by atoms with Gasteiger partial charge in [-0.1, -0.05) is 6.07 Å². The van der Waals surface area contributed by atoms with Gasteiger partial charge in [-0.3, -0.25) is 0 Å². The number of primary amides is 1. The summed E-state index contributed by atoms with van der Waals surface area (Å²) in [6.45, 7) is 3.80. The Kier molecular flexibility index (Phi) is 4.07. The van der Waals surface area contributed by atoms with Crippen LogP contribution in [0.1, 0.15) is 12.6 Å². The van der Waals surface area contributed by atoms with Crippen molar-refractivity contribution in [1.29, 1.82) is 0 Å². The van der Waals surface area contributed by atoms with Gasteiger partial charge >= 0.3 is 6.03 Å². The smallest absolute Gasteiger partial charge is 0.316 e. The van der Waals surface area contributed by atoms with Gasteiger partial charge in [0.2, 0.25) is 0 Å². The summed E-state index contributed by atoms with van der Waals surface area (Å²) >= 11 is 0. The van der Waals surface area contributed by atoms with E-state index in [1.807, 2.05) is 24.3 Å². The lowest BCUT2D eigenvalue weighted by Gasteiger charge is -2.10. The predicted molar refractivity (Wildman–Crippen MR) is 77.1 cm³/mol. The second-order valence-corrected chi connectivity index (χ2v) is 4.21. The molecule has 19 heavy (non-hydrogen) atoms. The molecular weight excluding hydrogens is 240 g/mol. The summed E-state index contributed by atoms with van der Waals surface area (Å²) < 4.78 is 2.18. The lowest BCUT2D eigenvalue weighted by atomic mass is 10.2. The maximum absolute atomic E-state index is 10.8. The van der Waals surface area contributed by atoms with E-state index in [0.717, 1.165) is 18.8 Å². The van der Waals surface area contributed by atoms with E-state index in [1.54, 1.807) is 6.07 Å². The first-order chi connectivity index (χ1) is 9.19. The molecule has 0 atom stereocenters. The molecule has 1 aromatic carbocycles. The van der Waals surface area contributed by atoms with Gasteiger partial charge in [0.15, 0.2) is 0 Å². The first kappa shape index (κ1) is 13.0. The zero-order valence-corrected chi connectivity index (χ0v) is 10.9. The molecule has 0 radical (unpaired) electrons. The summed E-state index contributed by atoms with van der Waals surface area (Å²) in [6, 6.07) is 11.0. The highest BCUT2D eigenvalue weighted by molar-refractivity contribution is 5.88. The van der Waals surface area contributed by atoms with E-state index in [0.29, 0.717) is 5.69 Å². The first-order valence-electron chi connectivity index (χ1n) is 6.23. The molecule has 0 bridgehead atoms. The lowest BCUT2D eigenvalue weighted by Crippen LogP contribution is -2.19. The summed E-state index contributed by atoms with van der Waals surface area (Å²) in [5.74, 6) is 0. The van der Waals surface area contributed by atoms with Crippen LogP contribution in [0, 0.1) is 0 Å². The third kappa shape index (κ3) is 3.51. The highest BCUT2D eigenvalue weighted by Gasteiger charge is 2.01. The molecule has 5 nitrogen and oxygen atoms in total. The molecule has 2 aromatic rings. The number of urea groups is 1. The van der Waals surface area contributed by atoms with Gasteiger partial charge in [0.05, 0.1) is 6.54 Å². The molecule has 0 saturated heterocycles. The van der Waals surface area contributed by atoms with Crippen molar-refractivity contribution in [3.63, 3.8) is 0 Å². The molecule has 2 amide bonds. The number of rotatable bonds is 5. The van der Waals surface area contributed by atoms with Crippen molar-refractivity contribution < 1.29 is 4.79 Å². The van der Waals surface area contributed by atoms with Crippen molar-refractivity contribution in [2.75, 3.05) is 10.6 Å². The van der Waals surface area contributed by atoms with E-state index >= 15 is 0 Å². The standard InChI is InChI=1S/C14H18N4O/c1-2-18-8-4-7-13(18)10-16-11-5-3-6-12(9-11)17-14(15)19/h3-9,16H,2,10H2,1H3,(H3,15,17,19). The number of anilines is 2. The van der Waals surface area contributed by atoms with Crippen LogP contribution in [0.2, 0.25) is 0 Å². The molecule has 5 heteroatoms. The van der Waals surface area contributed by atoms with Gasteiger partial charge in [-0.05, 0) is 37.3 Å². The number of carbonyl (C=O) groups is 1. The van der Waals surface area contributed by atoms with Crippen LogP contribution in [0.5, 0.6) is 0 Å². The molecule has 0 unspecified atom stereocenters. The van der Waals surface area contributed by atoms with Gasteiger partial charge in [0.25, 0.3) is 0 Å². The van der Waals surface area contributed by atoms with Crippen LogP contribution < -0.4 is 16.4 Å². The molecule has 0 aliphatic carbocycles. The summed E-state index contributed by atoms with van der Waals surface area (Å²) in [6.07, 6.45) is 2.06. The van der Waals surface area contributed by atoms with Gasteiger partial charge < -0.3 is 20.9 Å². The minimum Gasteiger partial charge on any atom is -0.379 e. The average molecular weight is 258 g/mol. The van der Waals surface area contributed by atoms with Crippen molar-refractivity contribution in [2.24, 2.45) is 5.73 Å². The molecule has 4 N–H and O–H groups in total. The second-order valence-electron chi connectivity index (χ2n) is 4.21. The van der Waals surface area contributed by atoms with Crippen LogP contribution in [-0.4, -0.2) is 10.6 Å². The monoisotopic (exact) mass is 258 g/mol. The molecule has 0 spiro atoms. The molecular formula is C14H18N4O. The van der Waals surface area contributed by atoms with Crippen molar-refractivity contribution in [1.82, 2.24) is 4.57 Å². The topological polar surface area (TPSA) is 72.1 Å². The Morgan fingerprint density at radius 1 is 1.26 bits per heavy atom. The summed E-state index contributed by atoms with van der Waals surface area (Å²) in [5, 5.41) is 5.88. The number of nitrogens with one attached hydrogen (secondary N) is 2. The van der Waals surface area contributed by atoms with Gasteiger partial charge in [0.1, 0.15) is 0 Å². The Morgan fingerprint density at radius 2 is 2.05 bits per heavy atom. The molecule has 0 saturated carbocycles. The third-order valence-electron chi connectivity index (χ3n) is 2.87. The Morgan fingerprint density at radius 3 is 2.79 bits per heavy atom. The normalized spacial score (nSPS) is 10.2. The number of nitrogens with zero attached hydrogens (tertiary/aromatic N) is 1. The van der Waals surface area contributed by atoms with Crippen molar-refractivity contribution in [3.05, 3.63) is 48.3 Å². The molecule has 1 heterocycles. The molecule has 2 rings (SSSR count). The number of aromatic nitrogens is 1. The largest absolute Gasteiger partial charge is 0.379 e. The summed E-state index contributed by atoms with van der Waals surface area (Å²) in [7, 11) is 0. The van der Waals surface area contributed by atoms with Crippen LogP contribution in [-0.2, 0) is 13.1 Å². The first-order valence-corrected chi connectivity index (χ1v) is 6.23. The number of carbonyl (C=O) groups excluding carboxylic acids is 1. The number of hydrogen-bond acceptors (Lipinski definition) is 2. The zero-order valence-electron chi connectivity index (χ0n) is 10.9. The Labute approximate surface area is 112 Å². The van der Waals surface area contributed by atoms with Crippen LogP contribution in [0.4, 0.5) is 16.2 Å². The minimum atomic E-state index is -0.558. The maximum atomic E-state index is 10.8. The van der Waals surface area contributed by atoms with E-state index < -0.39 is 6.03 Å². The van der Waals surface area contributed by atoms with E-state index in [9.17, 15) is 4.79 Å². The Hall–Kier alpha value is -2.43. The quantitative estimate of drug-likeness (QED) is 0.771. The Balaban J connectivity index is 2.01. The summed E-state index contributed by atoms with van der Waals surface area (Å²) in [5.41, 5.74) is 7.93. The van der Waals surface area contributed by atoms with Gasteiger partial charge in [0, 0.05) is 29.8 Å². The number of hydrogen-bond donors (Lipinski definition) is 3.